The van der Waals surface area contributed by atoms with Gasteiger partial charge < -0.3 is 14.7 Å². The lowest BCUT2D eigenvalue weighted by molar-refractivity contribution is -0.138. The van der Waals surface area contributed by atoms with Crippen LogP contribution in [0.15, 0.2) is 29.2 Å². The second-order valence-electron chi connectivity index (χ2n) is 10.2. The van der Waals surface area contributed by atoms with E-state index < -0.39 is 16.1 Å². The van der Waals surface area contributed by atoms with E-state index in [0.717, 1.165) is 44.1 Å². The second-order valence-corrected chi connectivity index (χ2v) is 12.1. The molecule has 4 rings (SSSR count). The first kappa shape index (κ1) is 25.2. The number of amides is 1. The van der Waals surface area contributed by atoms with Gasteiger partial charge in [-0.25, -0.2) is 8.42 Å². The number of nitrogens with zero attached hydrogens (tertiary/aromatic N) is 2. The number of hydrogen-bond donors (Lipinski definition) is 1. The summed E-state index contributed by atoms with van der Waals surface area (Å²) in [5.74, 6) is 0.391. The summed E-state index contributed by atoms with van der Waals surface area (Å²) < 4.78 is 35.1. The molecule has 188 valence electrons. The van der Waals surface area contributed by atoms with Gasteiger partial charge in [-0.05, 0) is 68.7 Å². The zero-order valence-electron chi connectivity index (χ0n) is 20.6. The molecule has 0 radical (unpaired) electrons. The molecular formula is C26H38N2O5S. The van der Waals surface area contributed by atoms with Crippen LogP contribution in [0.5, 0.6) is 5.75 Å². The fraction of sp³-hybridized carbons (Fsp3) is 0.654. The molecule has 1 aromatic rings. The molecule has 0 spiro atoms. The van der Waals surface area contributed by atoms with Crippen molar-refractivity contribution in [3.63, 3.8) is 0 Å². The van der Waals surface area contributed by atoms with Gasteiger partial charge in [0.25, 0.3) is 0 Å². The van der Waals surface area contributed by atoms with E-state index in [1.165, 1.54) is 16.3 Å². The molecular weight excluding hydrogens is 452 g/mol. The largest absolute Gasteiger partial charge is 0.487 e. The monoisotopic (exact) mass is 490 g/mol. The van der Waals surface area contributed by atoms with Crippen LogP contribution in [0.1, 0.15) is 64.4 Å². The summed E-state index contributed by atoms with van der Waals surface area (Å²) in [6.07, 6.45) is 9.13. The average Bonchev–Trinajstić information content (AvgIpc) is 2.79. The minimum Gasteiger partial charge on any atom is -0.487 e. The highest BCUT2D eigenvalue weighted by Crippen LogP contribution is 2.37. The van der Waals surface area contributed by atoms with E-state index in [-0.39, 0.29) is 41.9 Å². The Morgan fingerprint density at radius 2 is 2.03 bits per heavy atom. The predicted octanol–water partition coefficient (Wildman–Crippen LogP) is 3.67. The third kappa shape index (κ3) is 5.04. The van der Waals surface area contributed by atoms with E-state index in [4.69, 9.17) is 4.74 Å². The van der Waals surface area contributed by atoms with Gasteiger partial charge in [0.1, 0.15) is 16.7 Å². The lowest BCUT2D eigenvalue weighted by atomic mass is 9.84. The predicted molar refractivity (Wildman–Crippen MR) is 132 cm³/mol. The van der Waals surface area contributed by atoms with E-state index in [0.29, 0.717) is 12.3 Å². The Labute approximate surface area is 203 Å². The molecule has 0 bridgehead atoms. The van der Waals surface area contributed by atoms with E-state index >= 15 is 0 Å². The Hall–Kier alpha value is -1.90. The van der Waals surface area contributed by atoms with Crippen molar-refractivity contribution in [1.82, 2.24) is 9.21 Å². The molecule has 8 heteroatoms. The molecule has 3 atom stereocenters. The molecule has 1 aliphatic heterocycles. The van der Waals surface area contributed by atoms with Crippen LogP contribution in [0, 0.1) is 11.8 Å². The zero-order chi connectivity index (χ0) is 24.5. The van der Waals surface area contributed by atoms with Gasteiger partial charge in [0.2, 0.25) is 15.9 Å². The van der Waals surface area contributed by atoms with E-state index in [9.17, 15) is 18.3 Å². The number of hydrogen-bond acceptors (Lipinski definition) is 5. The van der Waals surface area contributed by atoms with Gasteiger partial charge in [-0.2, -0.15) is 4.31 Å². The van der Waals surface area contributed by atoms with Gasteiger partial charge in [-0.15, -0.1) is 0 Å². The first-order chi connectivity index (χ1) is 16.2. The Kier molecular flexibility index (Phi) is 7.69. The zero-order valence-corrected chi connectivity index (χ0v) is 21.4. The normalized spacial score (nSPS) is 26.2. The molecule has 0 unspecified atom stereocenters. The standard InChI is InChI=1S/C26H38N2O5S/c1-18-15-28(19(2)17-29)34(31,32)25-13-12-22(20-8-5-4-6-9-20)14-23(25)33-24(18)16-27(3)26(30)21-10-7-11-21/h8,12-14,18-19,21,24,29H,4-7,9-11,15-17H2,1-3H3/t18-,19+,24+/m0/s1. The number of allylic oxidation sites excluding steroid dienone is 2. The molecule has 7 nitrogen and oxygen atoms in total. The number of carbonyl (C=O) groups excluding carboxylic acids is 1. The molecule has 1 heterocycles. The van der Waals surface area contributed by atoms with Crippen molar-refractivity contribution in [3.05, 3.63) is 29.8 Å². The van der Waals surface area contributed by atoms with Crippen LogP contribution in [0.2, 0.25) is 0 Å². The van der Waals surface area contributed by atoms with Crippen molar-refractivity contribution in [2.24, 2.45) is 11.8 Å². The lowest BCUT2D eigenvalue weighted by Crippen LogP contribution is -2.50. The highest BCUT2D eigenvalue weighted by molar-refractivity contribution is 7.89. The number of benzene rings is 1. The van der Waals surface area contributed by atoms with Crippen molar-refractivity contribution >= 4 is 21.5 Å². The third-order valence-corrected chi connectivity index (χ3v) is 9.63. The molecule has 2 aliphatic carbocycles. The first-order valence-corrected chi connectivity index (χ1v) is 14.0. The second kappa shape index (κ2) is 10.4. The number of likely N-dealkylation sites (N-methyl/N-ethyl adjacent to an activating group) is 1. The first-order valence-electron chi connectivity index (χ1n) is 12.6. The lowest BCUT2D eigenvalue weighted by Gasteiger charge is -2.38. The molecule has 1 fully saturated rings. The Bertz CT molecular complexity index is 1030. The Morgan fingerprint density at radius 3 is 2.65 bits per heavy atom. The highest BCUT2D eigenvalue weighted by atomic mass is 32.2. The van der Waals surface area contributed by atoms with Gasteiger partial charge in [0, 0.05) is 31.5 Å². The number of ether oxygens (including phenoxy) is 1. The summed E-state index contributed by atoms with van der Waals surface area (Å²) in [6.45, 7) is 4.01. The molecule has 34 heavy (non-hydrogen) atoms. The van der Waals surface area contributed by atoms with Crippen LogP contribution in [0.3, 0.4) is 0 Å². The van der Waals surface area contributed by atoms with E-state index in [1.807, 2.05) is 26.1 Å². The van der Waals surface area contributed by atoms with Crippen LogP contribution in [0.25, 0.3) is 5.57 Å². The van der Waals surface area contributed by atoms with Crippen molar-refractivity contribution in [2.45, 2.75) is 75.8 Å². The quantitative estimate of drug-likeness (QED) is 0.658. The van der Waals surface area contributed by atoms with Crippen LogP contribution >= 0.6 is 0 Å². The number of aliphatic hydroxyl groups is 1. The number of rotatable bonds is 6. The maximum Gasteiger partial charge on any atom is 0.247 e. The molecule has 1 amide bonds. The number of carbonyl (C=O) groups is 1. The van der Waals surface area contributed by atoms with Gasteiger partial charge in [0.15, 0.2) is 0 Å². The minimum absolute atomic E-state index is 0.0947. The fourth-order valence-corrected chi connectivity index (χ4v) is 6.90. The Balaban J connectivity index is 1.71. The average molecular weight is 491 g/mol. The molecule has 1 aromatic carbocycles. The summed E-state index contributed by atoms with van der Waals surface area (Å²) in [7, 11) is -2.05. The molecule has 3 aliphatic rings. The molecule has 0 aromatic heterocycles. The van der Waals surface area contributed by atoms with Crippen molar-refractivity contribution in [3.8, 4) is 5.75 Å². The molecule has 1 saturated carbocycles. The summed E-state index contributed by atoms with van der Waals surface area (Å²) in [4.78, 5) is 14.7. The van der Waals surface area contributed by atoms with Crippen LogP contribution in [0.4, 0.5) is 0 Å². The van der Waals surface area contributed by atoms with Crippen LogP contribution < -0.4 is 4.74 Å². The number of fused-ring (bicyclic) bond motifs is 1. The van der Waals surface area contributed by atoms with Crippen molar-refractivity contribution in [1.29, 1.82) is 0 Å². The maximum atomic E-state index is 13.6. The summed E-state index contributed by atoms with van der Waals surface area (Å²) in [6, 6.07) is 4.80. The van der Waals surface area contributed by atoms with E-state index in [1.54, 1.807) is 17.9 Å². The highest BCUT2D eigenvalue weighted by Gasteiger charge is 2.39. The summed E-state index contributed by atoms with van der Waals surface area (Å²) in [5.41, 5.74) is 2.21. The summed E-state index contributed by atoms with van der Waals surface area (Å²) >= 11 is 0. The van der Waals surface area contributed by atoms with E-state index in [2.05, 4.69) is 6.08 Å². The topological polar surface area (TPSA) is 87.2 Å². The summed E-state index contributed by atoms with van der Waals surface area (Å²) in [5, 5.41) is 9.81. The third-order valence-electron chi connectivity index (χ3n) is 7.61. The maximum absolute atomic E-state index is 13.6. The number of sulfonamides is 1. The van der Waals surface area contributed by atoms with Crippen molar-refractivity contribution in [2.75, 3.05) is 26.7 Å². The fourth-order valence-electron chi connectivity index (χ4n) is 5.07. The van der Waals surface area contributed by atoms with Gasteiger partial charge in [0.05, 0.1) is 13.2 Å². The van der Waals surface area contributed by atoms with Gasteiger partial charge in [-0.1, -0.05) is 25.5 Å². The Morgan fingerprint density at radius 1 is 1.26 bits per heavy atom. The van der Waals surface area contributed by atoms with Crippen molar-refractivity contribution < 1.29 is 23.1 Å². The molecule has 0 saturated heterocycles. The van der Waals surface area contributed by atoms with Gasteiger partial charge in [-0.3, -0.25) is 4.79 Å². The van der Waals surface area contributed by atoms with Crippen LogP contribution in [-0.4, -0.2) is 67.5 Å². The smallest absolute Gasteiger partial charge is 0.247 e. The number of aliphatic hydroxyl groups excluding tert-OH is 1. The van der Waals surface area contributed by atoms with Crippen LogP contribution in [-0.2, 0) is 14.8 Å². The minimum atomic E-state index is -3.86. The molecule has 1 N–H and O–H groups in total. The van der Waals surface area contributed by atoms with Gasteiger partial charge >= 0.3 is 0 Å². The SMILES string of the molecule is C[C@H](CO)N1C[C@H](C)[C@@H](CN(C)C(=O)C2CCC2)Oc2cc(C3=CCCCC3)ccc2S1(=O)=O.